The summed E-state index contributed by atoms with van der Waals surface area (Å²) in [6.45, 7) is 2.75. The van der Waals surface area contributed by atoms with Crippen LogP contribution in [0.25, 0.3) is 10.9 Å². The van der Waals surface area contributed by atoms with Crippen molar-refractivity contribution in [3.05, 3.63) is 70.4 Å². The topological polar surface area (TPSA) is 85.3 Å². The second kappa shape index (κ2) is 8.96. The monoisotopic (exact) mass is 418 g/mol. The van der Waals surface area contributed by atoms with E-state index in [-0.39, 0.29) is 0 Å². The van der Waals surface area contributed by atoms with Crippen molar-refractivity contribution in [2.24, 2.45) is 11.7 Å². The van der Waals surface area contributed by atoms with Crippen molar-refractivity contribution in [1.29, 1.82) is 0 Å². The van der Waals surface area contributed by atoms with E-state index in [0.29, 0.717) is 23.6 Å². The first-order valence-electron chi connectivity index (χ1n) is 11.2. The number of carbonyl (C=O) groups excluding carboxylic acids is 1. The highest BCUT2D eigenvalue weighted by molar-refractivity contribution is 6.04. The molecule has 31 heavy (non-hydrogen) atoms. The Kier molecular flexibility index (Phi) is 6.12. The molecular formula is C26H30N2O3. The Bertz CT molecular complexity index is 1130. The molecule has 1 aliphatic carbocycles. The lowest BCUT2D eigenvalue weighted by Crippen LogP contribution is -2.18. The average molecular weight is 419 g/mol. The number of hydrogen-bond acceptors (Lipinski definition) is 2. The predicted molar refractivity (Wildman–Crippen MR) is 123 cm³/mol. The lowest BCUT2D eigenvalue weighted by molar-refractivity contribution is 0.0698. The molecule has 2 aromatic carbocycles. The molecule has 1 aromatic heterocycles. The number of amides is 1. The molecule has 0 radical (unpaired) electrons. The number of nitrogens with zero attached hydrogens (tertiary/aromatic N) is 1. The number of aromatic nitrogens is 1. The van der Waals surface area contributed by atoms with Crippen molar-refractivity contribution in [3.8, 4) is 0 Å². The zero-order valence-electron chi connectivity index (χ0n) is 18.1. The highest BCUT2D eigenvalue weighted by Crippen LogP contribution is 2.37. The number of unbranched alkanes of at least 4 members (excludes halogenated alkanes) is 2. The molecule has 0 fully saturated rings. The van der Waals surface area contributed by atoms with E-state index in [2.05, 4.69) is 11.5 Å². The summed E-state index contributed by atoms with van der Waals surface area (Å²) >= 11 is 0. The number of fused-ring (bicyclic) bond motifs is 3. The van der Waals surface area contributed by atoms with E-state index >= 15 is 0 Å². The Labute approximate surface area is 182 Å². The lowest BCUT2D eigenvalue weighted by Gasteiger charge is -2.24. The standard InChI is InChI=1S/C26H30N2O3/c1-2-3-4-7-17-12-13-20-21-10-6-11-22(26(30)31)24(21)28(23(20)15-17)16-18-8-5-9-19(14-18)25(27)29/h5-6,8-11,14,17H,2-4,7,12-13,15-16H2,1H3,(H2,27,29)(H,30,31). The van der Waals surface area contributed by atoms with Crippen molar-refractivity contribution in [3.63, 3.8) is 0 Å². The number of nitrogens with two attached hydrogens (primary N) is 1. The number of benzene rings is 2. The molecule has 0 aliphatic heterocycles. The van der Waals surface area contributed by atoms with Gasteiger partial charge in [-0.2, -0.15) is 0 Å². The number of aryl methyl sites for hydroxylation is 1. The average Bonchev–Trinajstić information content (AvgIpc) is 3.07. The van der Waals surface area contributed by atoms with Crippen LogP contribution in [-0.4, -0.2) is 21.6 Å². The molecule has 1 aliphatic rings. The normalized spacial score (nSPS) is 15.7. The summed E-state index contributed by atoms with van der Waals surface area (Å²) in [5.41, 5.74) is 10.6. The minimum Gasteiger partial charge on any atom is -0.478 e. The Balaban J connectivity index is 1.80. The number of aromatic carboxylic acids is 1. The fourth-order valence-corrected chi connectivity index (χ4v) is 5.05. The molecule has 3 aromatic rings. The summed E-state index contributed by atoms with van der Waals surface area (Å²) in [5.74, 6) is -0.733. The first-order chi connectivity index (χ1) is 15.0. The maximum Gasteiger partial charge on any atom is 0.337 e. The van der Waals surface area contributed by atoms with Crippen LogP contribution < -0.4 is 5.73 Å². The van der Waals surface area contributed by atoms with E-state index in [1.807, 2.05) is 30.3 Å². The zero-order valence-corrected chi connectivity index (χ0v) is 18.1. The van der Waals surface area contributed by atoms with E-state index in [9.17, 15) is 14.7 Å². The lowest BCUT2D eigenvalue weighted by atomic mass is 9.83. The smallest absolute Gasteiger partial charge is 0.337 e. The van der Waals surface area contributed by atoms with Gasteiger partial charge in [0.15, 0.2) is 0 Å². The Morgan fingerprint density at radius 1 is 1.16 bits per heavy atom. The highest BCUT2D eigenvalue weighted by Gasteiger charge is 2.27. The SMILES string of the molecule is CCCCCC1CCc2c(n(Cc3cccc(C(N)=O)c3)c3c(C(=O)O)cccc23)C1. The molecule has 5 heteroatoms. The van der Waals surface area contributed by atoms with Crippen molar-refractivity contribution >= 4 is 22.8 Å². The number of carbonyl (C=O) groups is 2. The maximum atomic E-state index is 12.0. The zero-order chi connectivity index (χ0) is 22.0. The third-order valence-corrected chi connectivity index (χ3v) is 6.59. The van der Waals surface area contributed by atoms with E-state index in [4.69, 9.17) is 5.73 Å². The molecule has 0 saturated carbocycles. The van der Waals surface area contributed by atoms with Crippen molar-refractivity contribution < 1.29 is 14.7 Å². The maximum absolute atomic E-state index is 12.0. The van der Waals surface area contributed by atoms with Gasteiger partial charge in [0, 0.05) is 23.2 Å². The molecule has 1 amide bonds. The third-order valence-electron chi connectivity index (χ3n) is 6.59. The van der Waals surface area contributed by atoms with Crippen LogP contribution in [0.1, 0.15) is 76.6 Å². The number of carboxylic acid groups (broad SMARTS) is 1. The number of hydrogen-bond donors (Lipinski definition) is 2. The number of carboxylic acids is 1. The predicted octanol–water partition coefficient (Wildman–Crippen LogP) is 5.17. The van der Waals surface area contributed by atoms with Crippen molar-refractivity contribution in [2.45, 2.75) is 58.4 Å². The third kappa shape index (κ3) is 4.22. The van der Waals surface area contributed by atoms with Gasteiger partial charge in [-0.15, -0.1) is 0 Å². The quantitative estimate of drug-likeness (QED) is 0.495. The molecule has 0 spiro atoms. The fraction of sp³-hybridized carbons (Fsp3) is 0.385. The van der Waals surface area contributed by atoms with Crippen LogP contribution in [0, 0.1) is 5.92 Å². The van der Waals surface area contributed by atoms with Crippen LogP contribution in [-0.2, 0) is 19.4 Å². The summed E-state index contributed by atoms with van der Waals surface area (Å²) in [4.78, 5) is 23.7. The van der Waals surface area contributed by atoms with Gasteiger partial charge in [0.1, 0.15) is 0 Å². The van der Waals surface area contributed by atoms with Gasteiger partial charge in [-0.25, -0.2) is 4.79 Å². The fourth-order valence-electron chi connectivity index (χ4n) is 5.05. The molecule has 162 valence electrons. The Hall–Kier alpha value is -3.08. The van der Waals surface area contributed by atoms with Crippen LogP contribution in [0.4, 0.5) is 0 Å². The van der Waals surface area contributed by atoms with E-state index in [0.717, 1.165) is 35.7 Å². The number of primary amides is 1. The summed E-state index contributed by atoms with van der Waals surface area (Å²) in [6.07, 6.45) is 8.06. The van der Waals surface area contributed by atoms with Gasteiger partial charge in [0.25, 0.3) is 0 Å². The van der Waals surface area contributed by atoms with Crippen LogP contribution >= 0.6 is 0 Å². The van der Waals surface area contributed by atoms with Gasteiger partial charge < -0.3 is 15.4 Å². The molecular weight excluding hydrogens is 388 g/mol. The summed E-state index contributed by atoms with van der Waals surface area (Å²) < 4.78 is 2.18. The minimum absolute atomic E-state index is 0.334. The van der Waals surface area contributed by atoms with Gasteiger partial charge >= 0.3 is 5.97 Å². The second-order valence-corrected chi connectivity index (χ2v) is 8.69. The van der Waals surface area contributed by atoms with Gasteiger partial charge in [-0.05, 0) is 54.5 Å². The van der Waals surface area contributed by atoms with Gasteiger partial charge in [-0.1, -0.05) is 56.9 Å². The summed E-state index contributed by atoms with van der Waals surface area (Å²) in [7, 11) is 0. The van der Waals surface area contributed by atoms with Crippen molar-refractivity contribution in [2.75, 3.05) is 0 Å². The second-order valence-electron chi connectivity index (χ2n) is 8.69. The molecule has 5 nitrogen and oxygen atoms in total. The number of rotatable bonds is 8. The number of para-hydroxylation sites is 1. The first-order valence-corrected chi connectivity index (χ1v) is 11.2. The van der Waals surface area contributed by atoms with Crippen LogP contribution in [0.15, 0.2) is 42.5 Å². The van der Waals surface area contributed by atoms with Gasteiger partial charge in [0.2, 0.25) is 5.91 Å². The molecule has 1 unspecified atom stereocenters. The van der Waals surface area contributed by atoms with Gasteiger partial charge in [0.05, 0.1) is 11.1 Å². The van der Waals surface area contributed by atoms with E-state index < -0.39 is 11.9 Å². The minimum atomic E-state index is -0.910. The molecule has 0 saturated heterocycles. The van der Waals surface area contributed by atoms with Crippen LogP contribution in [0.5, 0.6) is 0 Å². The molecule has 1 heterocycles. The van der Waals surface area contributed by atoms with Gasteiger partial charge in [-0.3, -0.25) is 4.79 Å². The van der Waals surface area contributed by atoms with E-state index in [1.165, 1.54) is 36.9 Å². The molecule has 0 bridgehead atoms. The Morgan fingerprint density at radius 2 is 1.97 bits per heavy atom. The Morgan fingerprint density at radius 3 is 2.71 bits per heavy atom. The van der Waals surface area contributed by atoms with Crippen molar-refractivity contribution in [1.82, 2.24) is 4.57 Å². The molecule has 4 rings (SSSR count). The van der Waals surface area contributed by atoms with Crippen LogP contribution in [0.3, 0.4) is 0 Å². The highest BCUT2D eigenvalue weighted by atomic mass is 16.4. The van der Waals surface area contributed by atoms with E-state index in [1.54, 1.807) is 12.1 Å². The summed E-state index contributed by atoms with van der Waals surface area (Å²) in [6, 6.07) is 12.9. The molecule has 1 atom stereocenters. The summed E-state index contributed by atoms with van der Waals surface area (Å²) in [5, 5.41) is 10.9. The van der Waals surface area contributed by atoms with Crippen LogP contribution in [0.2, 0.25) is 0 Å². The molecule has 3 N–H and O–H groups in total. The first kappa shape index (κ1) is 21.2. The largest absolute Gasteiger partial charge is 0.478 e.